The van der Waals surface area contributed by atoms with Gasteiger partial charge in [-0.15, -0.1) is 0 Å². The molecule has 1 unspecified atom stereocenters. The van der Waals surface area contributed by atoms with Gasteiger partial charge in [0.25, 0.3) is 0 Å². The number of amides is 1. The summed E-state index contributed by atoms with van der Waals surface area (Å²) in [7, 11) is 0. The second-order valence-electron chi connectivity index (χ2n) is 6.91. The lowest BCUT2D eigenvalue weighted by Crippen LogP contribution is -2.59. The molecule has 2 aromatic rings. The van der Waals surface area contributed by atoms with E-state index in [0.29, 0.717) is 19.7 Å². The van der Waals surface area contributed by atoms with Gasteiger partial charge in [0.2, 0.25) is 0 Å². The molecule has 3 rings (SSSR count). The summed E-state index contributed by atoms with van der Waals surface area (Å²) in [6, 6.07) is 20.1. The molecular formula is C20H24N2O2. The third-order valence-electron chi connectivity index (χ3n) is 4.22. The van der Waals surface area contributed by atoms with Crippen LogP contribution in [-0.2, 0) is 11.3 Å². The van der Waals surface area contributed by atoms with Crippen LogP contribution >= 0.6 is 0 Å². The van der Waals surface area contributed by atoms with Crippen molar-refractivity contribution in [2.45, 2.75) is 32.0 Å². The maximum Gasteiger partial charge on any atom is 0.410 e. The van der Waals surface area contributed by atoms with Crippen LogP contribution in [-0.4, -0.2) is 29.6 Å². The first-order valence-electron chi connectivity index (χ1n) is 8.32. The van der Waals surface area contributed by atoms with E-state index in [1.165, 1.54) is 5.56 Å². The molecule has 24 heavy (non-hydrogen) atoms. The summed E-state index contributed by atoms with van der Waals surface area (Å²) in [4.78, 5) is 14.3. The molecule has 1 N–H and O–H groups in total. The topological polar surface area (TPSA) is 41.6 Å². The number of carbonyl (C=O) groups is 1. The zero-order chi connectivity index (χ0) is 17.0. The Bertz CT molecular complexity index is 671. The summed E-state index contributed by atoms with van der Waals surface area (Å²) >= 11 is 0. The Hall–Kier alpha value is -2.33. The Morgan fingerprint density at radius 3 is 2.42 bits per heavy atom. The summed E-state index contributed by atoms with van der Waals surface area (Å²) in [5.41, 5.74) is 2.02. The molecule has 0 aromatic heterocycles. The minimum atomic E-state index is -0.255. The van der Waals surface area contributed by atoms with Gasteiger partial charge in [0.15, 0.2) is 0 Å². The van der Waals surface area contributed by atoms with Crippen LogP contribution in [0.25, 0.3) is 0 Å². The van der Waals surface area contributed by atoms with E-state index in [4.69, 9.17) is 4.74 Å². The summed E-state index contributed by atoms with van der Waals surface area (Å²) in [5.74, 6) is 0. The van der Waals surface area contributed by atoms with Crippen molar-refractivity contribution in [1.82, 2.24) is 10.2 Å². The summed E-state index contributed by atoms with van der Waals surface area (Å²) < 4.78 is 5.50. The van der Waals surface area contributed by atoms with Crippen molar-refractivity contribution >= 4 is 6.09 Å². The number of rotatable bonds is 3. The number of nitrogens with zero attached hydrogens (tertiary/aromatic N) is 1. The molecule has 2 aromatic carbocycles. The molecule has 0 aliphatic carbocycles. The normalized spacial score (nSPS) is 19.8. The van der Waals surface area contributed by atoms with Gasteiger partial charge in [0.05, 0.1) is 6.04 Å². The number of hydrogen-bond acceptors (Lipinski definition) is 3. The monoisotopic (exact) mass is 324 g/mol. The lowest BCUT2D eigenvalue weighted by atomic mass is 9.95. The predicted molar refractivity (Wildman–Crippen MR) is 94.6 cm³/mol. The quantitative estimate of drug-likeness (QED) is 0.935. The standard InChI is InChI=1S/C20H24N2O2/c1-20(2)15-22(13-18(21-20)17-11-7-4-8-12-17)19(23)24-14-16-9-5-3-6-10-16/h3-12,18,21H,13-15H2,1-2H3. The fourth-order valence-electron chi connectivity index (χ4n) is 3.15. The van der Waals surface area contributed by atoms with Gasteiger partial charge in [-0.1, -0.05) is 60.7 Å². The third kappa shape index (κ3) is 4.15. The number of piperazine rings is 1. The fraction of sp³-hybridized carbons (Fsp3) is 0.350. The average Bonchev–Trinajstić information content (AvgIpc) is 2.60. The van der Waals surface area contributed by atoms with E-state index in [9.17, 15) is 4.79 Å². The molecule has 0 bridgehead atoms. The van der Waals surface area contributed by atoms with E-state index >= 15 is 0 Å². The fourth-order valence-corrected chi connectivity index (χ4v) is 3.15. The zero-order valence-electron chi connectivity index (χ0n) is 14.2. The van der Waals surface area contributed by atoms with Gasteiger partial charge < -0.3 is 15.0 Å². The van der Waals surface area contributed by atoms with Crippen LogP contribution < -0.4 is 5.32 Å². The summed E-state index contributed by atoms with van der Waals surface area (Å²) in [6.07, 6.45) is -0.255. The molecule has 1 saturated heterocycles. The molecular weight excluding hydrogens is 300 g/mol. The van der Waals surface area contributed by atoms with Crippen molar-refractivity contribution in [3.8, 4) is 0 Å². The number of ether oxygens (including phenoxy) is 1. The van der Waals surface area contributed by atoms with Crippen LogP contribution in [0, 0.1) is 0 Å². The Morgan fingerprint density at radius 1 is 1.12 bits per heavy atom. The molecule has 1 amide bonds. The third-order valence-corrected chi connectivity index (χ3v) is 4.22. The smallest absolute Gasteiger partial charge is 0.410 e. The molecule has 1 atom stereocenters. The molecule has 0 spiro atoms. The Kier molecular flexibility index (Phi) is 4.86. The summed E-state index contributed by atoms with van der Waals surface area (Å²) in [5, 5.41) is 3.62. The van der Waals surface area contributed by atoms with E-state index in [2.05, 4.69) is 31.3 Å². The highest BCUT2D eigenvalue weighted by atomic mass is 16.6. The van der Waals surface area contributed by atoms with Gasteiger partial charge in [0.1, 0.15) is 6.61 Å². The van der Waals surface area contributed by atoms with Gasteiger partial charge in [-0.2, -0.15) is 0 Å². The van der Waals surface area contributed by atoms with Crippen molar-refractivity contribution in [1.29, 1.82) is 0 Å². The van der Waals surface area contributed by atoms with E-state index in [-0.39, 0.29) is 17.7 Å². The first-order chi connectivity index (χ1) is 11.5. The van der Waals surface area contributed by atoms with E-state index in [1.54, 1.807) is 4.90 Å². The van der Waals surface area contributed by atoms with Gasteiger partial charge in [0, 0.05) is 18.6 Å². The highest BCUT2D eigenvalue weighted by Crippen LogP contribution is 2.24. The van der Waals surface area contributed by atoms with Crippen LogP contribution in [0.1, 0.15) is 31.0 Å². The molecule has 1 aliphatic heterocycles. The van der Waals surface area contributed by atoms with Crippen molar-refractivity contribution < 1.29 is 9.53 Å². The Balaban J connectivity index is 1.66. The number of benzene rings is 2. The SMILES string of the molecule is CC1(C)CN(C(=O)OCc2ccccc2)CC(c2ccccc2)N1. The van der Waals surface area contributed by atoms with Crippen LogP contribution in [0.3, 0.4) is 0 Å². The molecule has 126 valence electrons. The van der Waals surface area contributed by atoms with Gasteiger partial charge in [-0.3, -0.25) is 0 Å². The molecule has 1 aliphatic rings. The lowest BCUT2D eigenvalue weighted by Gasteiger charge is -2.43. The minimum Gasteiger partial charge on any atom is -0.445 e. The second kappa shape index (κ2) is 7.05. The Morgan fingerprint density at radius 2 is 1.75 bits per heavy atom. The number of carbonyl (C=O) groups excluding carboxylic acids is 1. The molecule has 4 heteroatoms. The van der Waals surface area contributed by atoms with Crippen molar-refractivity contribution in [2.24, 2.45) is 0 Å². The molecule has 0 saturated carbocycles. The first kappa shape index (κ1) is 16.5. The van der Waals surface area contributed by atoms with Crippen LogP contribution in [0.15, 0.2) is 60.7 Å². The highest BCUT2D eigenvalue weighted by molar-refractivity contribution is 5.68. The highest BCUT2D eigenvalue weighted by Gasteiger charge is 2.35. The van der Waals surface area contributed by atoms with Gasteiger partial charge >= 0.3 is 6.09 Å². The summed E-state index contributed by atoms with van der Waals surface area (Å²) in [6.45, 7) is 5.77. The Labute approximate surface area is 143 Å². The maximum atomic E-state index is 12.5. The molecule has 1 heterocycles. The van der Waals surface area contributed by atoms with Gasteiger partial charge in [-0.25, -0.2) is 4.79 Å². The maximum absolute atomic E-state index is 12.5. The number of nitrogens with one attached hydrogen (secondary N) is 1. The van der Waals surface area contributed by atoms with Crippen molar-refractivity contribution in [2.75, 3.05) is 13.1 Å². The minimum absolute atomic E-state index is 0.110. The van der Waals surface area contributed by atoms with Crippen molar-refractivity contribution in [3.63, 3.8) is 0 Å². The predicted octanol–water partition coefficient (Wildman–Crippen LogP) is 3.75. The second-order valence-corrected chi connectivity index (χ2v) is 6.91. The lowest BCUT2D eigenvalue weighted by molar-refractivity contribution is 0.0625. The largest absolute Gasteiger partial charge is 0.445 e. The van der Waals surface area contributed by atoms with Crippen LogP contribution in [0.4, 0.5) is 4.79 Å². The van der Waals surface area contributed by atoms with Crippen LogP contribution in [0.5, 0.6) is 0 Å². The average molecular weight is 324 g/mol. The van der Waals surface area contributed by atoms with E-state index in [1.807, 2.05) is 48.5 Å². The molecule has 1 fully saturated rings. The zero-order valence-corrected chi connectivity index (χ0v) is 14.2. The molecule has 4 nitrogen and oxygen atoms in total. The van der Waals surface area contributed by atoms with E-state index < -0.39 is 0 Å². The molecule has 0 radical (unpaired) electrons. The van der Waals surface area contributed by atoms with E-state index in [0.717, 1.165) is 5.56 Å². The van der Waals surface area contributed by atoms with Crippen molar-refractivity contribution in [3.05, 3.63) is 71.8 Å². The van der Waals surface area contributed by atoms with Crippen LogP contribution in [0.2, 0.25) is 0 Å². The van der Waals surface area contributed by atoms with Gasteiger partial charge in [-0.05, 0) is 25.0 Å². The number of hydrogen-bond donors (Lipinski definition) is 1. The first-order valence-corrected chi connectivity index (χ1v) is 8.32.